The van der Waals surface area contributed by atoms with E-state index in [2.05, 4.69) is 50.5 Å². The molecule has 0 aliphatic heterocycles. The number of nitrogens with zero attached hydrogens (tertiary/aromatic N) is 9. The van der Waals surface area contributed by atoms with E-state index in [1.165, 1.54) is 25.0 Å². The van der Waals surface area contributed by atoms with Crippen molar-refractivity contribution >= 4 is 109 Å². The molecule has 2 aromatic carbocycles. The summed E-state index contributed by atoms with van der Waals surface area (Å²) in [7, 11) is 4.61. The van der Waals surface area contributed by atoms with Crippen LogP contribution in [0.3, 0.4) is 0 Å². The molecule has 0 aliphatic carbocycles. The maximum atomic E-state index is 13.6. The fraction of sp³-hybridized carbons (Fsp3) is 0.156. The summed E-state index contributed by atoms with van der Waals surface area (Å²) in [5.74, 6) is -1.44. The Morgan fingerprint density at radius 2 is 1.14 bits per heavy atom. The fourth-order valence-electron chi connectivity index (χ4n) is 4.90. The zero-order valence-electron chi connectivity index (χ0n) is 29.3. The molecule has 0 radical (unpaired) electrons. The van der Waals surface area contributed by atoms with Crippen molar-refractivity contribution in [3.8, 4) is 0 Å². The summed E-state index contributed by atoms with van der Waals surface area (Å²) in [5.41, 5.74) is 6.84. The lowest BCUT2D eigenvalue weighted by Gasteiger charge is -2.06. The van der Waals surface area contributed by atoms with Crippen molar-refractivity contribution < 1.29 is 8.78 Å². The number of benzene rings is 2. The number of rotatable bonds is 4. The normalized spacial score (nSPS) is 10.8. The number of fused-ring (bicyclic) bond motifs is 3. The van der Waals surface area contributed by atoms with E-state index in [1.807, 2.05) is 6.07 Å². The summed E-state index contributed by atoms with van der Waals surface area (Å²) in [6.45, 7) is 0.837. The lowest BCUT2D eigenvalue weighted by Crippen LogP contribution is -2.15. The van der Waals surface area contributed by atoms with Gasteiger partial charge in [0.05, 0.1) is 26.3 Å². The van der Waals surface area contributed by atoms with Crippen molar-refractivity contribution in [3.63, 3.8) is 0 Å². The van der Waals surface area contributed by atoms with Crippen molar-refractivity contribution in [1.82, 2.24) is 59.2 Å². The Bertz CT molecular complexity index is 2930. The molecular weight excluding hydrogens is 879 g/mol. The number of aromatic amines is 3. The van der Waals surface area contributed by atoms with Gasteiger partial charge >= 0.3 is 0 Å². The van der Waals surface area contributed by atoms with E-state index < -0.39 is 23.0 Å². The van der Waals surface area contributed by atoms with E-state index in [9.17, 15) is 23.2 Å². The molecule has 0 saturated heterocycles. The molecule has 0 amide bonds. The smallest absolute Gasteiger partial charge is 0.278 e. The molecule has 0 fully saturated rings. The average molecular weight is 905 g/mol. The van der Waals surface area contributed by atoms with Gasteiger partial charge in [-0.1, -0.05) is 58.5 Å². The Balaban J connectivity index is 0.000000153. The quantitative estimate of drug-likeness (QED) is 0.130. The van der Waals surface area contributed by atoms with Crippen LogP contribution >= 0.6 is 69.6 Å². The van der Waals surface area contributed by atoms with Gasteiger partial charge in [-0.15, -0.1) is 10.2 Å². The van der Waals surface area contributed by atoms with Gasteiger partial charge in [0.1, 0.15) is 5.52 Å². The molecule has 0 unspecified atom stereocenters. The number of aryl methyl sites for hydroxylation is 3. The van der Waals surface area contributed by atoms with E-state index >= 15 is 0 Å². The lowest BCUT2D eigenvalue weighted by atomic mass is 10.2. The second-order valence-corrected chi connectivity index (χ2v) is 13.8. The number of halogens is 8. The summed E-state index contributed by atoms with van der Waals surface area (Å²) in [4.78, 5) is 53.1. The monoisotopic (exact) mass is 902 g/mol. The molecule has 8 rings (SSSR count). The van der Waals surface area contributed by atoms with E-state index in [0.29, 0.717) is 44.2 Å². The van der Waals surface area contributed by atoms with Crippen LogP contribution in [0.5, 0.6) is 0 Å². The van der Waals surface area contributed by atoms with Gasteiger partial charge in [-0.2, -0.15) is 13.9 Å². The van der Waals surface area contributed by atoms with Crippen LogP contribution < -0.4 is 27.7 Å². The van der Waals surface area contributed by atoms with E-state index in [4.69, 9.17) is 75.3 Å². The highest BCUT2D eigenvalue weighted by Gasteiger charge is 2.15. The molecule has 0 saturated carbocycles. The van der Waals surface area contributed by atoms with Crippen molar-refractivity contribution in [2.45, 2.75) is 13.1 Å². The average Bonchev–Trinajstić information content (AvgIpc) is 3.77. The third kappa shape index (κ3) is 10.2. The van der Waals surface area contributed by atoms with Crippen LogP contribution in [-0.4, -0.2) is 59.2 Å². The summed E-state index contributed by atoms with van der Waals surface area (Å²) < 4.78 is 30.3. The highest BCUT2D eigenvalue weighted by Crippen LogP contribution is 2.23. The molecule has 8 aromatic rings. The minimum absolute atomic E-state index is 0.0712. The number of aromatic nitrogens is 12. The van der Waals surface area contributed by atoms with Gasteiger partial charge in [0, 0.05) is 34.2 Å². The van der Waals surface area contributed by atoms with Gasteiger partial charge < -0.3 is 11.1 Å². The van der Waals surface area contributed by atoms with Gasteiger partial charge in [-0.3, -0.25) is 43.4 Å². The van der Waals surface area contributed by atoms with Crippen LogP contribution in [0.15, 0.2) is 57.0 Å². The van der Waals surface area contributed by atoms with Gasteiger partial charge in [0.25, 0.3) is 28.6 Å². The van der Waals surface area contributed by atoms with Crippen molar-refractivity contribution in [2.24, 2.45) is 26.9 Å². The number of hydrogen-bond donors (Lipinski definition) is 5. The minimum Gasteiger partial charge on any atom is -0.352 e. The first kappa shape index (κ1) is 43.0. The number of nitrogens with one attached hydrogen (secondary N) is 4. The number of hydrogen-bond acceptors (Lipinski definition) is 11. The molecule has 6 heterocycles. The van der Waals surface area contributed by atoms with E-state index in [1.54, 1.807) is 37.4 Å². The molecule has 57 heavy (non-hydrogen) atoms. The molecule has 0 aliphatic rings. The second kappa shape index (κ2) is 18.4. The lowest BCUT2D eigenvalue weighted by molar-refractivity contribution is 0.560. The Kier molecular flexibility index (Phi) is 13.9. The zero-order valence-corrected chi connectivity index (χ0v) is 33.8. The van der Waals surface area contributed by atoms with Crippen molar-refractivity contribution in [1.29, 1.82) is 0 Å². The number of anilines is 1. The van der Waals surface area contributed by atoms with Crippen LogP contribution in [0.4, 0.5) is 14.7 Å². The zero-order chi connectivity index (χ0) is 41.7. The van der Waals surface area contributed by atoms with Crippen molar-refractivity contribution in [2.75, 3.05) is 5.32 Å². The summed E-state index contributed by atoms with van der Waals surface area (Å²) in [5, 5.41) is 15.7. The molecule has 0 bridgehead atoms. The molecule has 6 N–H and O–H groups in total. The van der Waals surface area contributed by atoms with Crippen molar-refractivity contribution in [3.05, 3.63) is 127 Å². The summed E-state index contributed by atoms with van der Waals surface area (Å²) >= 11 is 34.1. The van der Waals surface area contributed by atoms with Crippen LogP contribution in [0.1, 0.15) is 11.1 Å². The van der Waals surface area contributed by atoms with Crippen LogP contribution in [0.25, 0.3) is 33.1 Å². The van der Waals surface area contributed by atoms with Gasteiger partial charge in [0.15, 0.2) is 27.6 Å². The fourth-order valence-corrected chi connectivity index (χ4v) is 5.88. The minimum atomic E-state index is -0.800. The number of nitrogens with two attached hydrogens (primary N) is 1. The Labute approximate surface area is 347 Å². The van der Waals surface area contributed by atoms with Crippen LogP contribution in [0, 0.1) is 11.9 Å². The molecule has 0 atom stereocenters. The summed E-state index contributed by atoms with van der Waals surface area (Å²) in [6, 6.07) is 10.5. The third-order valence-corrected chi connectivity index (χ3v) is 9.34. The second-order valence-electron chi connectivity index (χ2n) is 11.4. The highest BCUT2D eigenvalue weighted by molar-refractivity contribution is 6.42. The topological polar surface area (TPSA) is 229 Å². The molecule has 0 spiro atoms. The van der Waals surface area contributed by atoms with Crippen LogP contribution in [-0.2, 0) is 34.2 Å². The standard InChI is InChI=1S/C13H10Cl2FN5O.C7H7Cl2N.C6H4ClFN4O.C6H5ClN4O/c1-21-10-9(11(16)20-21)18-13(19-12(10)22)17-5-6-2-3-7(14)8(15)4-6;8-6-2-1-5(4-10)3-7(6)9;1-12-3-2(4(8)11-12)9-6(7)10-5(3)13;1-11-4-3(2-8-11)9-6(7)10-5(4)12/h2-4H,5H2,1H3,(H2,17,18,19,22);1-3H,4,10H2;1H3,(H,9,10,13);2H,1H3,(H,9,10,12). The Hall–Kier alpha value is -5.15. The predicted molar refractivity (Wildman–Crippen MR) is 215 cm³/mol. The van der Waals surface area contributed by atoms with E-state index in [-0.39, 0.29) is 44.1 Å². The third-order valence-electron chi connectivity index (χ3n) is 7.51. The maximum absolute atomic E-state index is 13.6. The van der Waals surface area contributed by atoms with Gasteiger partial charge in [-0.25, -0.2) is 15.0 Å². The largest absolute Gasteiger partial charge is 0.352 e. The van der Waals surface area contributed by atoms with Gasteiger partial charge in [-0.05, 0) is 58.6 Å². The highest BCUT2D eigenvalue weighted by atomic mass is 35.5. The number of H-pyrrole nitrogens is 3. The first-order valence-electron chi connectivity index (χ1n) is 15.8. The molecule has 25 heteroatoms. The molecule has 6 aromatic heterocycles. The SMILES string of the molecule is Cn1nc(F)c2nc(Cl)[nH]c(=O)c21.Cn1nc(F)c2nc(NCc3ccc(Cl)c(Cl)c3)[nH]c(=O)c21.Cn1ncc2nc(Cl)[nH]c(=O)c21.NCc1ccc(Cl)c(Cl)c1. The molecule has 298 valence electrons. The summed E-state index contributed by atoms with van der Waals surface area (Å²) in [6.07, 6.45) is 1.50. The van der Waals surface area contributed by atoms with Gasteiger partial charge in [0.2, 0.25) is 16.5 Å². The molecule has 17 nitrogen and oxygen atoms in total. The predicted octanol–water partition coefficient (Wildman–Crippen LogP) is 5.93. The van der Waals surface area contributed by atoms with E-state index in [0.717, 1.165) is 20.5 Å². The first-order chi connectivity index (χ1) is 27.0. The Morgan fingerprint density at radius 1 is 0.649 bits per heavy atom. The maximum Gasteiger partial charge on any atom is 0.278 e. The molecular formula is C32H26Cl6F2N14O3. The van der Waals surface area contributed by atoms with Crippen LogP contribution in [0.2, 0.25) is 30.7 Å². The Morgan fingerprint density at radius 3 is 1.70 bits per heavy atom. The first-order valence-corrected chi connectivity index (χ1v) is 18.0.